The van der Waals surface area contributed by atoms with E-state index in [-0.39, 0.29) is 18.2 Å². The van der Waals surface area contributed by atoms with Crippen LogP contribution in [0.3, 0.4) is 0 Å². The van der Waals surface area contributed by atoms with Crippen LogP contribution in [0.1, 0.15) is 17.7 Å². The number of benzene rings is 2. The molecule has 27 heavy (non-hydrogen) atoms. The minimum atomic E-state index is -0.468. The zero-order valence-electron chi connectivity index (χ0n) is 14.6. The summed E-state index contributed by atoms with van der Waals surface area (Å²) in [4.78, 5) is 32.2. The Labute approximate surface area is 155 Å². The Morgan fingerprint density at radius 1 is 1.04 bits per heavy atom. The van der Waals surface area contributed by atoms with Crippen molar-refractivity contribution < 1.29 is 14.0 Å². The van der Waals surface area contributed by atoms with Crippen LogP contribution < -0.4 is 4.90 Å². The van der Waals surface area contributed by atoms with E-state index in [4.69, 9.17) is 0 Å². The number of anilines is 1. The Morgan fingerprint density at radius 2 is 1.81 bits per heavy atom. The molecule has 5 nitrogen and oxygen atoms in total. The minimum Gasteiger partial charge on any atom is -0.358 e. The van der Waals surface area contributed by atoms with Gasteiger partial charge in [0.25, 0.3) is 5.91 Å². The maximum absolute atomic E-state index is 13.2. The largest absolute Gasteiger partial charge is 0.358 e. The quantitative estimate of drug-likeness (QED) is 0.712. The fraction of sp³-hybridized carbons (Fsp3) is 0.238. The van der Waals surface area contributed by atoms with Crippen molar-refractivity contribution in [3.63, 3.8) is 0 Å². The third kappa shape index (κ3) is 2.56. The first-order chi connectivity index (χ1) is 13.1. The molecule has 1 atom stereocenters. The molecular formula is C21H18FN3O2. The number of aromatic amines is 1. The smallest absolute Gasteiger partial charge is 0.251 e. The molecule has 0 bridgehead atoms. The van der Waals surface area contributed by atoms with Crippen LogP contribution in [0, 0.1) is 5.82 Å². The normalized spacial score (nSPS) is 20.5. The molecule has 1 aromatic heterocycles. The number of rotatable bonds is 2. The van der Waals surface area contributed by atoms with Gasteiger partial charge in [-0.3, -0.25) is 14.5 Å². The number of carbonyl (C=O) groups excluding carboxylic acids is 2. The van der Waals surface area contributed by atoms with E-state index in [2.05, 4.69) is 22.0 Å². The number of nitrogens with zero attached hydrogens (tertiary/aromatic N) is 2. The van der Waals surface area contributed by atoms with Gasteiger partial charge in [0.1, 0.15) is 5.82 Å². The van der Waals surface area contributed by atoms with Gasteiger partial charge in [0.15, 0.2) is 0 Å². The summed E-state index contributed by atoms with van der Waals surface area (Å²) in [6.45, 7) is 1.36. The maximum Gasteiger partial charge on any atom is 0.251 e. The molecule has 2 amide bonds. The lowest BCUT2D eigenvalue weighted by atomic mass is 10.0. The van der Waals surface area contributed by atoms with Crippen LogP contribution in [0.4, 0.5) is 10.1 Å². The standard InChI is InChI=1S/C21H18FN3O2/c22-13-5-7-14(8-6-13)25-20(26)11-19(21(25)27)24-10-9-18-16(12-24)15-3-1-2-4-17(15)23-18/h1-8,19,23H,9-12H2/t19-/m1/s1. The Morgan fingerprint density at radius 3 is 2.63 bits per heavy atom. The second-order valence-corrected chi connectivity index (χ2v) is 7.11. The molecule has 3 aromatic rings. The molecule has 136 valence electrons. The van der Waals surface area contributed by atoms with Crippen LogP contribution >= 0.6 is 0 Å². The Balaban J connectivity index is 1.43. The zero-order chi connectivity index (χ0) is 18.5. The van der Waals surface area contributed by atoms with Crippen molar-refractivity contribution in [2.45, 2.75) is 25.4 Å². The molecule has 2 aliphatic rings. The van der Waals surface area contributed by atoms with Crippen LogP contribution in [-0.2, 0) is 22.6 Å². The summed E-state index contributed by atoms with van der Waals surface area (Å²) < 4.78 is 13.2. The third-order valence-corrected chi connectivity index (χ3v) is 5.56. The van der Waals surface area contributed by atoms with E-state index in [1.165, 1.54) is 45.8 Å². The van der Waals surface area contributed by atoms with Crippen molar-refractivity contribution in [1.29, 1.82) is 0 Å². The van der Waals surface area contributed by atoms with Gasteiger partial charge >= 0.3 is 0 Å². The Bertz CT molecular complexity index is 1060. The van der Waals surface area contributed by atoms with Gasteiger partial charge in [-0.15, -0.1) is 0 Å². The molecule has 6 heteroatoms. The van der Waals surface area contributed by atoms with Crippen molar-refractivity contribution in [2.75, 3.05) is 11.4 Å². The van der Waals surface area contributed by atoms with Gasteiger partial charge in [0.2, 0.25) is 5.91 Å². The molecule has 5 rings (SSSR count). The highest BCUT2D eigenvalue weighted by atomic mass is 19.1. The molecule has 0 radical (unpaired) electrons. The number of amides is 2. The molecule has 1 saturated heterocycles. The summed E-state index contributed by atoms with van der Waals surface area (Å²) in [6.07, 6.45) is 0.979. The molecule has 1 N–H and O–H groups in total. The number of para-hydroxylation sites is 1. The summed E-state index contributed by atoms with van der Waals surface area (Å²) in [6, 6.07) is 13.2. The van der Waals surface area contributed by atoms with Crippen LogP contribution in [0.25, 0.3) is 10.9 Å². The Hall–Kier alpha value is -2.99. The molecule has 2 aromatic carbocycles. The van der Waals surface area contributed by atoms with E-state index in [0.717, 1.165) is 18.5 Å². The Kier molecular flexibility index (Phi) is 3.62. The summed E-state index contributed by atoms with van der Waals surface area (Å²) >= 11 is 0. The number of nitrogens with one attached hydrogen (secondary N) is 1. The summed E-state index contributed by atoms with van der Waals surface area (Å²) in [5.74, 6) is -0.853. The van der Waals surface area contributed by atoms with Gasteiger partial charge < -0.3 is 4.98 Å². The average molecular weight is 363 g/mol. The second-order valence-electron chi connectivity index (χ2n) is 7.11. The molecule has 0 saturated carbocycles. The molecular weight excluding hydrogens is 345 g/mol. The van der Waals surface area contributed by atoms with Gasteiger partial charge in [-0.2, -0.15) is 0 Å². The SMILES string of the molecule is O=C1C[C@@H](N2CCc3[nH]c4ccccc4c3C2)C(=O)N1c1ccc(F)cc1. The first kappa shape index (κ1) is 16.2. The average Bonchev–Trinajstić information content (AvgIpc) is 3.19. The second kappa shape index (κ2) is 6.03. The van der Waals surface area contributed by atoms with Crippen LogP contribution in [0.5, 0.6) is 0 Å². The van der Waals surface area contributed by atoms with Crippen LogP contribution in [0.15, 0.2) is 48.5 Å². The predicted octanol–water partition coefficient (Wildman–Crippen LogP) is 3.00. The summed E-state index contributed by atoms with van der Waals surface area (Å²) in [5, 5.41) is 1.17. The lowest BCUT2D eigenvalue weighted by Crippen LogP contribution is -2.44. The number of hydrogen-bond donors (Lipinski definition) is 1. The number of aromatic nitrogens is 1. The molecule has 0 aliphatic carbocycles. The van der Waals surface area contributed by atoms with E-state index >= 15 is 0 Å². The maximum atomic E-state index is 13.2. The lowest BCUT2D eigenvalue weighted by Gasteiger charge is -2.31. The number of hydrogen-bond acceptors (Lipinski definition) is 3. The minimum absolute atomic E-state index is 0.161. The molecule has 0 spiro atoms. The van der Waals surface area contributed by atoms with Gasteiger partial charge in [-0.25, -0.2) is 9.29 Å². The molecule has 3 heterocycles. The van der Waals surface area contributed by atoms with E-state index in [9.17, 15) is 14.0 Å². The van der Waals surface area contributed by atoms with E-state index in [1.807, 2.05) is 12.1 Å². The number of fused-ring (bicyclic) bond motifs is 3. The molecule has 2 aliphatic heterocycles. The first-order valence-corrected chi connectivity index (χ1v) is 9.07. The predicted molar refractivity (Wildman–Crippen MR) is 99.7 cm³/mol. The highest BCUT2D eigenvalue weighted by Gasteiger charge is 2.43. The number of halogens is 1. The van der Waals surface area contributed by atoms with Crippen molar-refractivity contribution >= 4 is 28.4 Å². The van der Waals surface area contributed by atoms with Gasteiger partial charge in [0, 0.05) is 36.1 Å². The van der Waals surface area contributed by atoms with Crippen molar-refractivity contribution in [3.8, 4) is 0 Å². The van der Waals surface area contributed by atoms with E-state index in [1.54, 1.807) is 0 Å². The number of imide groups is 1. The van der Waals surface area contributed by atoms with E-state index in [0.29, 0.717) is 12.2 Å². The van der Waals surface area contributed by atoms with Crippen LogP contribution in [-0.4, -0.2) is 34.3 Å². The highest BCUT2D eigenvalue weighted by molar-refractivity contribution is 6.22. The van der Waals surface area contributed by atoms with Crippen LogP contribution in [0.2, 0.25) is 0 Å². The van der Waals surface area contributed by atoms with Gasteiger partial charge in [-0.1, -0.05) is 18.2 Å². The fourth-order valence-electron chi connectivity index (χ4n) is 4.22. The highest BCUT2D eigenvalue weighted by Crippen LogP contribution is 2.32. The number of carbonyl (C=O) groups is 2. The topological polar surface area (TPSA) is 56.4 Å². The van der Waals surface area contributed by atoms with Gasteiger partial charge in [-0.05, 0) is 35.9 Å². The van der Waals surface area contributed by atoms with Gasteiger partial charge in [0.05, 0.1) is 18.2 Å². The molecule has 0 unspecified atom stereocenters. The zero-order valence-corrected chi connectivity index (χ0v) is 14.6. The summed E-state index contributed by atoms with van der Waals surface area (Å²) in [7, 11) is 0. The van der Waals surface area contributed by atoms with Crippen molar-refractivity contribution in [1.82, 2.24) is 9.88 Å². The number of H-pyrrole nitrogens is 1. The van der Waals surface area contributed by atoms with Crippen molar-refractivity contribution in [2.24, 2.45) is 0 Å². The fourth-order valence-corrected chi connectivity index (χ4v) is 4.22. The first-order valence-electron chi connectivity index (χ1n) is 9.07. The summed E-state index contributed by atoms with van der Waals surface area (Å²) in [5.41, 5.74) is 3.95. The third-order valence-electron chi connectivity index (χ3n) is 5.56. The molecule has 1 fully saturated rings. The lowest BCUT2D eigenvalue weighted by molar-refractivity contribution is -0.123. The monoisotopic (exact) mass is 363 g/mol. The van der Waals surface area contributed by atoms with Crippen molar-refractivity contribution in [3.05, 3.63) is 65.6 Å². The van der Waals surface area contributed by atoms with E-state index < -0.39 is 11.9 Å².